The minimum Gasteiger partial charge on any atom is -0.467 e. The molecule has 10 aromatic carbocycles. The topological polar surface area (TPSA) is 284 Å². The Morgan fingerprint density at radius 1 is 0.345 bits per heavy atom. The number of methoxy groups -OCH3 is 2. The summed E-state index contributed by atoms with van der Waals surface area (Å²) in [6.45, 7) is 11.3. The number of carbonyl (C=O) groups excluding carboxylic acids is 4. The van der Waals surface area contributed by atoms with Gasteiger partial charge in [-0.25, -0.2) is 9.59 Å². The Morgan fingerprint density at radius 3 is 0.773 bits per heavy atom. The Morgan fingerprint density at radius 2 is 0.564 bits per heavy atom. The maximum Gasteiger partial charge on any atom is 0.339 e. The lowest BCUT2D eigenvalue weighted by molar-refractivity contribution is -0.145. The Hall–Kier alpha value is -9.00. The van der Waals surface area contributed by atoms with E-state index in [9.17, 15) is 19.2 Å². The van der Waals surface area contributed by atoms with Crippen LogP contribution in [0, 0.1) is 0 Å². The smallest absolute Gasteiger partial charge is 0.339 e. The number of nitrogens with one attached hydrogen (secondary N) is 2. The van der Waals surface area contributed by atoms with Crippen LogP contribution < -0.4 is 27.4 Å². The Labute approximate surface area is 673 Å². The van der Waals surface area contributed by atoms with Crippen LogP contribution in [-0.4, -0.2) is 71.6 Å². The summed E-state index contributed by atoms with van der Waals surface area (Å²) >= 11 is 13.6. The zero-order valence-corrected chi connectivity index (χ0v) is 70.1. The van der Waals surface area contributed by atoms with Crippen LogP contribution in [0.2, 0.25) is 0 Å². The molecule has 110 heavy (non-hydrogen) atoms. The second-order valence-electron chi connectivity index (χ2n) is 28.1. The number of carbonyl (C=O) groups is 4. The van der Waals surface area contributed by atoms with Crippen molar-refractivity contribution in [2.75, 3.05) is 14.2 Å². The number of hydrogen-bond acceptors (Lipinski definition) is 18. The van der Waals surface area contributed by atoms with E-state index in [2.05, 4.69) is 74.4 Å². The number of benzene rings is 10. The molecule has 20 nitrogen and oxygen atoms in total. The van der Waals surface area contributed by atoms with Gasteiger partial charge in [-0.3, -0.25) is 9.59 Å². The number of hydrogen-bond donors (Lipinski definition) is 2. The van der Waals surface area contributed by atoms with E-state index in [1.807, 2.05) is 41.5 Å². The van der Waals surface area contributed by atoms with E-state index in [1.165, 1.54) is 136 Å². The molecule has 11 rings (SSSR count). The summed E-state index contributed by atoms with van der Waals surface area (Å²) in [4.78, 5) is 55.8. The van der Waals surface area contributed by atoms with Crippen LogP contribution in [0.25, 0.3) is 0 Å². The van der Waals surface area contributed by atoms with Crippen molar-refractivity contribution in [1.82, 2.24) is 10.6 Å². The summed E-state index contributed by atoms with van der Waals surface area (Å²) in [5.41, 5.74) is 0.700. The average molecular weight is 1820 g/mol. The van der Waals surface area contributed by atoms with Gasteiger partial charge in [-0.1, -0.05) is 214 Å². The fourth-order valence-corrected chi connectivity index (χ4v) is 17.5. The van der Waals surface area contributed by atoms with E-state index >= 15 is 33.7 Å². The van der Waals surface area contributed by atoms with E-state index in [-0.39, 0.29) is 98.2 Å². The molecule has 0 radical (unpaired) electrons. The quantitative estimate of drug-likeness (QED) is 0.0471. The van der Waals surface area contributed by atoms with E-state index in [0.717, 1.165) is 0 Å². The molecular formula is C82H74Br4N2O18S4. The highest BCUT2D eigenvalue weighted by atomic mass is 79.9. The molecule has 0 saturated heterocycles. The van der Waals surface area contributed by atoms with Gasteiger partial charge in [0.2, 0.25) is 11.8 Å². The van der Waals surface area contributed by atoms with Crippen molar-refractivity contribution in [3.8, 4) is 23.0 Å². The third-order valence-electron chi connectivity index (χ3n) is 18.0. The van der Waals surface area contributed by atoms with Crippen LogP contribution in [0.15, 0.2) is 244 Å². The SMILES string of the molecule is COC(=O)[C@@H](NC(=O)Cc1cc2c(OS(=O)(=O)c3ccc(Br)cc3)c(c1)Cc1cc(C(C)(C)C)cc(c1OS(=O)(=O)c1ccc(Br)cc1)Cc1cc(CC(=O)N[C@@H](C(=O)OC)c3ccccc3)cc(c1OS(=O)(=O)c1ccc(Br)cc1)Cc1cc(C(C)(C)C)cc(c1OS(=O)(=O)c1ccc(Br)cc1)C2)c1ccccc1. The molecule has 1 aliphatic carbocycles. The molecule has 10 aromatic rings. The lowest BCUT2D eigenvalue weighted by Gasteiger charge is -2.27. The summed E-state index contributed by atoms with van der Waals surface area (Å²) < 4.78 is 161. The third-order valence-corrected chi connectivity index (χ3v) is 25.1. The van der Waals surface area contributed by atoms with E-state index in [1.54, 1.807) is 84.9 Å². The van der Waals surface area contributed by atoms with Crippen LogP contribution in [0.5, 0.6) is 23.0 Å². The number of ether oxygens (including phenoxy) is 2. The summed E-state index contributed by atoms with van der Waals surface area (Å²) in [5, 5.41) is 5.61. The standard InChI is InChI=1S/C82H74Br4N2O18S4/c1-81(2,3)61-45-57-41-53-35-49(39-71(89)87-73(79(91)101-7)51-15-11-9-12-16-51)37-55(75(53)103-107(93,94)67-27-19-63(83)20-28-67)43-59-47-62(82(4,5)6)48-60(78(59)106-110(99,100)70-33-25-66(86)26-34-70)44-56-38-50(40-72(90)88-74(80(92)102-8)52-17-13-10-14-18-52)36-54(76(56)104-108(95,96)68-29-21-64(84)22-30-68)42-58(46-61)77(57)105-109(97,98)69-31-23-65(85)24-32-69/h9-38,45-48,73-74H,39-44H2,1-8H3,(H,87,89)(H,88,90)/t73-,74+. The van der Waals surface area contributed by atoms with Gasteiger partial charge >= 0.3 is 52.4 Å². The second kappa shape index (κ2) is 33.5. The molecule has 0 spiro atoms. The number of halogens is 4. The average Bonchev–Trinajstić information content (AvgIpc) is 0.766. The molecule has 572 valence electrons. The fraction of sp³-hybridized carbons (Fsp3) is 0.220. The van der Waals surface area contributed by atoms with E-state index in [0.29, 0.717) is 40.1 Å². The van der Waals surface area contributed by atoms with Gasteiger partial charge in [0.05, 0.1) is 27.1 Å². The predicted octanol–water partition coefficient (Wildman–Crippen LogP) is 16.2. The molecule has 28 heteroatoms. The second-order valence-corrected chi connectivity index (χ2v) is 38.0. The molecule has 0 unspecified atom stereocenters. The number of fused-ring (bicyclic) bond motifs is 8. The lowest BCUT2D eigenvalue weighted by atomic mass is 9.81. The van der Waals surface area contributed by atoms with Gasteiger partial charge in [0.1, 0.15) is 42.6 Å². The van der Waals surface area contributed by atoms with Crippen molar-refractivity contribution in [1.29, 1.82) is 0 Å². The predicted molar refractivity (Wildman–Crippen MR) is 428 cm³/mol. The Bertz CT molecular complexity index is 5220. The molecule has 0 fully saturated rings. The molecule has 8 bridgehead atoms. The van der Waals surface area contributed by atoms with Crippen LogP contribution in [-0.2, 0) is 118 Å². The molecule has 0 heterocycles. The summed E-state index contributed by atoms with van der Waals surface area (Å²) in [6.07, 6.45) is -3.08. The fourth-order valence-electron chi connectivity index (χ4n) is 12.4. The maximum absolute atomic E-state index is 15.4. The highest BCUT2D eigenvalue weighted by Gasteiger charge is 2.35. The first-order valence-electron chi connectivity index (χ1n) is 34.1. The molecule has 0 aromatic heterocycles. The molecular weight excluding hydrogens is 1750 g/mol. The van der Waals surface area contributed by atoms with Crippen LogP contribution in [0.1, 0.15) is 132 Å². The van der Waals surface area contributed by atoms with Crippen LogP contribution in [0.4, 0.5) is 0 Å². The normalized spacial score (nSPS) is 13.2. The van der Waals surface area contributed by atoms with Crippen molar-refractivity contribution in [2.45, 2.75) is 123 Å². The third kappa shape index (κ3) is 19.8. The number of amides is 2. The maximum atomic E-state index is 15.4. The van der Waals surface area contributed by atoms with Gasteiger partial charge in [0.25, 0.3) is 0 Å². The molecule has 2 N–H and O–H groups in total. The van der Waals surface area contributed by atoms with E-state index in [4.69, 9.17) is 26.2 Å². The van der Waals surface area contributed by atoms with E-state index < -0.39 is 126 Å². The first kappa shape index (κ1) is 82.0. The molecule has 1 aliphatic rings. The minimum absolute atomic E-state index is 0.00798. The van der Waals surface area contributed by atoms with Gasteiger partial charge in [-0.2, -0.15) is 33.7 Å². The minimum atomic E-state index is -4.94. The molecule has 0 saturated carbocycles. The Kier molecular flexibility index (Phi) is 25.0. The van der Waals surface area contributed by atoms with Crippen molar-refractivity contribution in [3.63, 3.8) is 0 Å². The largest absolute Gasteiger partial charge is 0.467 e. The van der Waals surface area contributed by atoms with Crippen molar-refractivity contribution in [2.24, 2.45) is 0 Å². The molecule has 0 aliphatic heterocycles. The highest BCUT2D eigenvalue weighted by Crippen LogP contribution is 2.46. The van der Waals surface area contributed by atoms with Crippen LogP contribution in [0.3, 0.4) is 0 Å². The highest BCUT2D eigenvalue weighted by molar-refractivity contribution is 9.11. The summed E-state index contributed by atoms with van der Waals surface area (Å²) in [6, 6.07) is 49.3. The van der Waals surface area contributed by atoms with Gasteiger partial charge in [0, 0.05) is 88.1 Å². The van der Waals surface area contributed by atoms with Gasteiger partial charge < -0.3 is 36.8 Å². The Balaban J connectivity index is 1.28. The van der Waals surface area contributed by atoms with Crippen LogP contribution >= 0.6 is 63.7 Å². The molecule has 2 amide bonds. The summed E-state index contributed by atoms with van der Waals surface area (Å²) in [7, 11) is -17.4. The van der Waals surface area contributed by atoms with Crippen molar-refractivity contribution in [3.05, 3.63) is 302 Å². The summed E-state index contributed by atoms with van der Waals surface area (Å²) in [5.74, 6) is -4.42. The first-order chi connectivity index (χ1) is 51.9. The van der Waals surface area contributed by atoms with Gasteiger partial charge in [-0.15, -0.1) is 0 Å². The monoisotopic (exact) mass is 1820 g/mol. The first-order valence-corrected chi connectivity index (χ1v) is 42.9. The van der Waals surface area contributed by atoms with Gasteiger partial charge in [0.15, 0.2) is 12.1 Å². The zero-order chi connectivity index (χ0) is 79.4. The lowest BCUT2D eigenvalue weighted by Crippen LogP contribution is -2.35. The molecule has 2 atom stereocenters. The van der Waals surface area contributed by atoms with Crippen molar-refractivity contribution < 1.29 is 79.1 Å². The van der Waals surface area contributed by atoms with Gasteiger partial charge in [-0.05, 0) is 141 Å². The van der Waals surface area contributed by atoms with Crippen molar-refractivity contribution >= 4 is 128 Å². The zero-order valence-electron chi connectivity index (χ0n) is 60.5. The number of esters is 2. The number of rotatable bonds is 22.